The molecule has 2 aromatic rings. The third-order valence-corrected chi connectivity index (χ3v) is 6.79. The first-order valence-electron chi connectivity index (χ1n) is 8.05. The van der Waals surface area contributed by atoms with Gasteiger partial charge in [0.05, 0.1) is 17.6 Å². The number of fused-ring (bicyclic) bond motifs is 1. The van der Waals surface area contributed by atoms with E-state index >= 15 is 0 Å². The molecule has 0 aliphatic carbocycles. The van der Waals surface area contributed by atoms with E-state index in [-0.39, 0.29) is 11.4 Å². The Morgan fingerprint density at radius 3 is 2.88 bits per heavy atom. The van der Waals surface area contributed by atoms with Crippen molar-refractivity contribution in [3.05, 3.63) is 18.2 Å². The highest BCUT2D eigenvalue weighted by molar-refractivity contribution is 7.89. The fraction of sp³-hybridized carbons (Fsp3) is 0.467. The van der Waals surface area contributed by atoms with E-state index in [1.165, 1.54) is 17.3 Å². The number of aromatic nitrogens is 2. The van der Waals surface area contributed by atoms with Crippen LogP contribution in [0.25, 0.3) is 11.0 Å². The SMILES string of the molecule is C[C@H](NC(=O)[C@@H]1CCCN(S(=O)(=O)c2cccc3nsnc23)C1)C(=O)O. The van der Waals surface area contributed by atoms with Gasteiger partial charge in [-0.3, -0.25) is 9.59 Å². The zero-order valence-corrected chi connectivity index (χ0v) is 15.6. The minimum Gasteiger partial charge on any atom is -0.480 e. The lowest BCUT2D eigenvalue weighted by Crippen LogP contribution is -2.48. The number of benzene rings is 1. The number of sulfonamides is 1. The van der Waals surface area contributed by atoms with Crippen LogP contribution in [-0.4, -0.2) is 57.6 Å². The van der Waals surface area contributed by atoms with Gasteiger partial charge in [-0.15, -0.1) is 0 Å². The molecule has 9 nitrogen and oxygen atoms in total. The third kappa shape index (κ3) is 3.55. The maximum atomic E-state index is 13.0. The van der Waals surface area contributed by atoms with Gasteiger partial charge in [0.15, 0.2) is 0 Å². The van der Waals surface area contributed by atoms with Crippen LogP contribution in [0.1, 0.15) is 19.8 Å². The summed E-state index contributed by atoms with van der Waals surface area (Å²) in [6, 6.07) is 3.76. The quantitative estimate of drug-likeness (QED) is 0.757. The fourth-order valence-electron chi connectivity index (χ4n) is 2.90. The number of carbonyl (C=O) groups excluding carboxylic acids is 1. The molecular formula is C15H18N4O5S2. The van der Waals surface area contributed by atoms with Gasteiger partial charge in [0.2, 0.25) is 15.9 Å². The number of amides is 1. The van der Waals surface area contributed by atoms with Crippen molar-refractivity contribution in [2.24, 2.45) is 5.92 Å². The number of nitrogens with one attached hydrogen (secondary N) is 1. The van der Waals surface area contributed by atoms with Crippen LogP contribution in [0.2, 0.25) is 0 Å². The number of carboxylic acid groups (broad SMARTS) is 1. The average molecular weight is 398 g/mol. The van der Waals surface area contributed by atoms with Crippen molar-refractivity contribution >= 4 is 44.7 Å². The highest BCUT2D eigenvalue weighted by Gasteiger charge is 2.35. The largest absolute Gasteiger partial charge is 0.480 e. The summed E-state index contributed by atoms with van der Waals surface area (Å²) >= 11 is 0.942. The molecule has 1 saturated heterocycles. The van der Waals surface area contributed by atoms with E-state index < -0.39 is 33.9 Å². The molecule has 140 valence electrons. The Hall–Kier alpha value is -2.11. The maximum Gasteiger partial charge on any atom is 0.325 e. The van der Waals surface area contributed by atoms with Gasteiger partial charge in [-0.25, -0.2) is 8.42 Å². The Morgan fingerprint density at radius 2 is 2.15 bits per heavy atom. The second kappa shape index (κ2) is 7.25. The second-order valence-corrected chi connectivity index (χ2v) is 8.59. The predicted molar refractivity (Wildman–Crippen MR) is 94.1 cm³/mol. The molecule has 1 aliphatic heterocycles. The van der Waals surface area contributed by atoms with Crippen molar-refractivity contribution in [3.8, 4) is 0 Å². The van der Waals surface area contributed by atoms with Crippen molar-refractivity contribution in [3.63, 3.8) is 0 Å². The molecule has 1 fully saturated rings. The minimum atomic E-state index is -3.83. The van der Waals surface area contributed by atoms with E-state index in [2.05, 4.69) is 14.1 Å². The topological polar surface area (TPSA) is 130 Å². The average Bonchev–Trinajstić information content (AvgIpc) is 3.10. The van der Waals surface area contributed by atoms with Crippen molar-refractivity contribution in [2.45, 2.75) is 30.7 Å². The normalized spacial score (nSPS) is 20.0. The fourth-order valence-corrected chi connectivity index (χ4v) is 5.17. The van der Waals surface area contributed by atoms with Crippen molar-refractivity contribution < 1.29 is 23.1 Å². The molecule has 0 spiro atoms. The van der Waals surface area contributed by atoms with Crippen LogP contribution in [-0.2, 0) is 19.6 Å². The van der Waals surface area contributed by atoms with Crippen LogP contribution in [0.4, 0.5) is 0 Å². The summed E-state index contributed by atoms with van der Waals surface area (Å²) in [4.78, 5) is 23.2. The Balaban J connectivity index is 1.81. The van der Waals surface area contributed by atoms with Crippen molar-refractivity contribution in [2.75, 3.05) is 13.1 Å². The van der Waals surface area contributed by atoms with E-state index in [4.69, 9.17) is 5.11 Å². The summed E-state index contributed by atoms with van der Waals surface area (Å²) in [6.07, 6.45) is 1.02. The van der Waals surface area contributed by atoms with Crippen LogP contribution < -0.4 is 5.32 Å². The summed E-state index contributed by atoms with van der Waals surface area (Å²) in [5.74, 6) is -2.18. The number of nitrogens with zero attached hydrogens (tertiary/aromatic N) is 3. The number of hydrogen-bond donors (Lipinski definition) is 2. The van der Waals surface area contributed by atoms with Crippen LogP contribution in [0.15, 0.2) is 23.1 Å². The van der Waals surface area contributed by atoms with Gasteiger partial charge in [0.1, 0.15) is 22.0 Å². The highest BCUT2D eigenvalue weighted by atomic mass is 32.2. The number of carboxylic acids is 1. The molecule has 0 saturated carbocycles. The number of piperidine rings is 1. The Morgan fingerprint density at radius 1 is 1.38 bits per heavy atom. The van der Waals surface area contributed by atoms with Crippen LogP contribution in [0, 0.1) is 5.92 Å². The minimum absolute atomic E-state index is 0.00839. The molecule has 2 atom stereocenters. The van der Waals surface area contributed by atoms with E-state index in [1.807, 2.05) is 0 Å². The first-order chi connectivity index (χ1) is 12.3. The Bertz CT molecular complexity index is 942. The van der Waals surface area contributed by atoms with E-state index in [0.717, 1.165) is 11.7 Å². The van der Waals surface area contributed by atoms with Gasteiger partial charge in [0.25, 0.3) is 0 Å². The van der Waals surface area contributed by atoms with Crippen molar-refractivity contribution in [1.82, 2.24) is 18.4 Å². The Labute approximate surface area is 154 Å². The first-order valence-corrected chi connectivity index (χ1v) is 10.2. The van der Waals surface area contributed by atoms with Crippen LogP contribution >= 0.6 is 11.7 Å². The number of hydrogen-bond acceptors (Lipinski definition) is 7. The number of carbonyl (C=O) groups is 2. The summed E-state index contributed by atoms with van der Waals surface area (Å²) in [5, 5.41) is 11.3. The maximum absolute atomic E-state index is 13.0. The van der Waals surface area contributed by atoms with E-state index in [1.54, 1.807) is 12.1 Å². The summed E-state index contributed by atoms with van der Waals surface area (Å²) in [7, 11) is -3.83. The molecule has 1 aromatic heterocycles. The number of aliphatic carboxylic acids is 1. The van der Waals surface area contributed by atoms with Crippen LogP contribution in [0.3, 0.4) is 0 Å². The highest BCUT2D eigenvalue weighted by Crippen LogP contribution is 2.28. The molecule has 0 radical (unpaired) electrons. The number of rotatable bonds is 5. The molecule has 1 aliphatic rings. The van der Waals surface area contributed by atoms with Gasteiger partial charge in [-0.2, -0.15) is 13.1 Å². The third-order valence-electron chi connectivity index (χ3n) is 4.35. The zero-order valence-electron chi connectivity index (χ0n) is 14.0. The van der Waals surface area contributed by atoms with Gasteiger partial charge in [-0.1, -0.05) is 6.07 Å². The van der Waals surface area contributed by atoms with Gasteiger partial charge in [-0.05, 0) is 31.9 Å². The van der Waals surface area contributed by atoms with E-state index in [0.29, 0.717) is 30.4 Å². The molecule has 2 heterocycles. The van der Waals surface area contributed by atoms with Crippen molar-refractivity contribution in [1.29, 1.82) is 0 Å². The molecular weight excluding hydrogens is 380 g/mol. The molecule has 3 rings (SSSR count). The summed E-state index contributed by atoms with van der Waals surface area (Å²) in [5.41, 5.74) is 0.834. The van der Waals surface area contributed by atoms with E-state index in [9.17, 15) is 18.0 Å². The molecule has 1 aromatic carbocycles. The molecule has 1 amide bonds. The molecule has 2 N–H and O–H groups in total. The molecule has 11 heteroatoms. The smallest absolute Gasteiger partial charge is 0.325 e. The lowest BCUT2D eigenvalue weighted by atomic mass is 9.98. The van der Waals surface area contributed by atoms with Gasteiger partial charge >= 0.3 is 5.97 Å². The summed E-state index contributed by atoms with van der Waals surface area (Å²) < 4.78 is 35.5. The monoisotopic (exact) mass is 398 g/mol. The second-order valence-electron chi connectivity index (χ2n) is 6.16. The lowest BCUT2D eigenvalue weighted by Gasteiger charge is -2.31. The predicted octanol–water partition coefficient (Wildman–Crippen LogP) is 0.681. The lowest BCUT2D eigenvalue weighted by molar-refractivity contribution is -0.142. The standard InChI is InChI=1S/C15H18N4O5S2/c1-9(15(21)22)16-14(20)10-4-3-7-19(8-10)26(23,24)12-6-2-5-11-13(12)18-25-17-11/h2,5-6,9-10H,3-4,7-8H2,1H3,(H,16,20)(H,21,22)/t9-,10+/m0/s1. The van der Waals surface area contributed by atoms with Gasteiger partial charge < -0.3 is 10.4 Å². The first kappa shape index (κ1) is 18.7. The van der Waals surface area contributed by atoms with Crippen LogP contribution in [0.5, 0.6) is 0 Å². The molecule has 0 unspecified atom stereocenters. The molecule has 0 bridgehead atoms. The van der Waals surface area contributed by atoms with Gasteiger partial charge in [0, 0.05) is 13.1 Å². The zero-order chi connectivity index (χ0) is 18.9. The summed E-state index contributed by atoms with van der Waals surface area (Å²) in [6.45, 7) is 1.68. The molecule has 26 heavy (non-hydrogen) atoms. The Kier molecular flexibility index (Phi) is 5.21.